The molecule has 0 spiro atoms. The van der Waals surface area contributed by atoms with Crippen molar-refractivity contribution in [3.05, 3.63) is 34.8 Å². The van der Waals surface area contributed by atoms with Gasteiger partial charge in [-0.3, -0.25) is 0 Å². The normalized spacial score (nSPS) is 10.8. The van der Waals surface area contributed by atoms with E-state index in [0.29, 0.717) is 33.4 Å². The summed E-state index contributed by atoms with van der Waals surface area (Å²) in [5, 5.41) is 3.07. The molecule has 6 heteroatoms. The van der Waals surface area contributed by atoms with Gasteiger partial charge in [0.2, 0.25) is 0 Å². The molecule has 0 aliphatic rings. The second-order valence-corrected chi connectivity index (χ2v) is 5.35. The molecule has 0 fully saturated rings. The van der Waals surface area contributed by atoms with Gasteiger partial charge in [0, 0.05) is 11.5 Å². The van der Waals surface area contributed by atoms with Crippen molar-refractivity contribution in [2.45, 2.75) is 0 Å². The first-order chi connectivity index (χ1) is 9.72. The van der Waals surface area contributed by atoms with Gasteiger partial charge < -0.3 is 9.47 Å². The Hall–Kier alpha value is -1.85. The fourth-order valence-electron chi connectivity index (χ4n) is 1.93. The number of hydrogen-bond acceptors (Lipinski definition) is 5. The van der Waals surface area contributed by atoms with Gasteiger partial charge in [-0.1, -0.05) is 17.7 Å². The number of methoxy groups -OCH3 is 2. The second-order valence-electron chi connectivity index (χ2n) is 4.04. The Bertz CT molecular complexity index is 759. The van der Waals surface area contributed by atoms with E-state index in [1.54, 1.807) is 37.7 Å². The molecule has 3 aromatic rings. The maximum absolute atomic E-state index is 6.28. The lowest BCUT2D eigenvalue weighted by Gasteiger charge is -2.10. The Morgan fingerprint density at radius 3 is 2.65 bits per heavy atom. The summed E-state index contributed by atoms with van der Waals surface area (Å²) in [6.45, 7) is 0. The number of benzene rings is 1. The smallest absolute Gasteiger partial charge is 0.171 e. The van der Waals surface area contributed by atoms with Gasteiger partial charge in [0.15, 0.2) is 5.82 Å². The first kappa shape index (κ1) is 13.1. The summed E-state index contributed by atoms with van der Waals surface area (Å²) in [6, 6.07) is 7.49. The Morgan fingerprint density at radius 1 is 1.15 bits per heavy atom. The van der Waals surface area contributed by atoms with E-state index in [4.69, 9.17) is 21.1 Å². The van der Waals surface area contributed by atoms with Gasteiger partial charge in [-0.25, -0.2) is 9.97 Å². The van der Waals surface area contributed by atoms with E-state index in [9.17, 15) is 0 Å². The van der Waals surface area contributed by atoms with E-state index < -0.39 is 0 Å². The first-order valence-corrected chi connectivity index (χ1v) is 7.12. The number of rotatable bonds is 3. The molecule has 0 unspecified atom stereocenters. The molecule has 0 aliphatic heterocycles. The van der Waals surface area contributed by atoms with Gasteiger partial charge in [-0.05, 0) is 17.5 Å². The van der Waals surface area contributed by atoms with Crippen LogP contribution in [0.3, 0.4) is 0 Å². The van der Waals surface area contributed by atoms with E-state index in [1.807, 2.05) is 17.5 Å². The molecule has 3 rings (SSSR count). The summed E-state index contributed by atoms with van der Waals surface area (Å²) in [5.74, 6) is 1.87. The zero-order chi connectivity index (χ0) is 14.1. The van der Waals surface area contributed by atoms with Crippen LogP contribution >= 0.6 is 22.9 Å². The summed E-state index contributed by atoms with van der Waals surface area (Å²) in [7, 11) is 3.18. The number of ether oxygens (including phenoxy) is 2. The lowest BCUT2D eigenvalue weighted by Crippen LogP contribution is -1.95. The van der Waals surface area contributed by atoms with Crippen LogP contribution in [-0.4, -0.2) is 24.2 Å². The minimum Gasteiger partial charge on any atom is -0.497 e. The summed E-state index contributed by atoms with van der Waals surface area (Å²) in [4.78, 5) is 9.87. The van der Waals surface area contributed by atoms with Crippen LogP contribution in [-0.2, 0) is 0 Å². The molecule has 0 radical (unpaired) electrons. The number of aromatic nitrogens is 2. The van der Waals surface area contributed by atoms with E-state index in [0.717, 1.165) is 4.88 Å². The Labute approximate surface area is 125 Å². The molecule has 0 saturated heterocycles. The molecule has 0 saturated carbocycles. The molecule has 0 amide bonds. The third-order valence-corrected chi connectivity index (χ3v) is 4.04. The van der Waals surface area contributed by atoms with E-state index in [1.165, 1.54) is 0 Å². The summed E-state index contributed by atoms with van der Waals surface area (Å²) in [5.41, 5.74) is 0.678. The molecule has 102 valence electrons. The highest BCUT2D eigenvalue weighted by Gasteiger charge is 2.14. The molecular formula is C14H11ClN2O2S. The summed E-state index contributed by atoms with van der Waals surface area (Å²) in [6.07, 6.45) is 0. The highest BCUT2D eigenvalue weighted by molar-refractivity contribution is 7.13. The van der Waals surface area contributed by atoms with Crippen molar-refractivity contribution in [3.63, 3.8) is 0 Å². The minimum atomic E-state index is 0.385. The van der Waals surface area contributed by atoms with Gasteiger partial charge in [-0.2, -0.15) is 0 Å². The monoisotopic (exact) mass is 306 g/mol. The van der Waals surface area contributed by atoms with Crippen molar-refractivity contribution in [3.8, 4) is 22.2 Å². The first-order valence-electron chi connectivity index (χ1n) is 5.86. The van der Waals surface area contributed by atoms with Crippen LogP contribution in [0.4, 0.5) is 0 Å². The molecule has 1 aromatic carbocycles. The fraction of sp³-hybridized carbons (Fsp3) is 0.143. The van der Waals surface area contributed by atoms with Crippen molar-refractivity contribution in [1.29, 1.82) is 0 Å². The van der Waals surface area contributed by atoms with Crippen LogP contribution in [0.15, 0.2) is 29.6 Å². The predicted molar refractivity (Wildman–Crippen MR) is 81.0 cm³/mol. The topological polar surface area (TPSA) is 44.2 Å². The van der Waals surface area contributed by atoms with Crippen molar-refractivity contribution < 1.29 is 9.47 Å². The standard InChI is InChI=1S/C14H11ClN2O2S/c1-18-8-6-9-12(10(7-8)19-2)16-14(17-13(9)15)11-4-3-5-20-11/h3-7H,1-2H3. The molecule has 0 aliphatic carbocycles. The van der Waals surface area contributed by atoms with E-state index in [-0.39, 0.29) is 0 Å². The van der Waals surface area contributed by atoms with Crippen molar-refractivity contribution >= 4 is 33.8 Å². The zero-order valence-corrected chi connectivity index (χ0v) is 12.5. The Balaban J connectivity index is 2.30. The van der Waals surface area contributed by atoms with Crippen LogP contribution in [0.5, 0.6) is 11.5 Å². The highest BCUT2D eigenvalue weighted by Crippen LogP contribution is 2.35. The predicted octanol–water partition coefficient (Wildman–Crippen LogP) is 4.03. The number of hydrogen-bond donors (Lipinski definition) is 0. The zero-order valence-electron chi connectivity index (χ0n) is 10.9. The van der Waals surface area contributed by atoms with Crippen molar-refractivity contribution in [2.75, 3.05) is 14.2 Å². The summed E-state index contributed by atoms with van der Waals surface area (Å²) < 4.78 is 10.6. The molecule has 4 nitrogen and oxygen atoms in total. The van der Waals surface area contributed by atoms with Crippen molar-refractivity contribution in [1.82, 2.24) is 9.97 Å². The van der Waals surface area contributed by atoms with E-state index in [2.05, 4.69) is 9.97 Å². The molecular weight excluding hydrogens is 296 g/mol. The third kappa shape index (κ3) is 2.19. The minimum absolute atomic E-state index is 0.385. The quantitative estimate of drug-likeness (QED) is 0.685. The van der Waals surface area contributed by atoms with Gasteiger partial charge in [0.25, 0.3) is 0 Å². The second kappa shape index (κ2) is 5.26. The molecule has 0 N–H and O–H groups in total. The van der Waals surface area contributed by atoms with Gasteiger partial charge >= 0.3 is 0 Å². The number of halogens is 1. The molecule has 2 aromatic heterocycles. The number of fused-ring (bicyclic) bond motifs is 1. The van der Waals surface area contributed by atoms with Crippen LogP contribution in [0.25, 0.3) is 21.6 Å². The average Bonchev–Trinajstić information content (AvgIpc) is 3.00. The molecule has 0 atom stereocenters. The lowest BCUT2D eigenvalue weighted by molar-refractivity contribution is 0.397. The van der Waals surface area contributed by atoms with Crippen LogP contribution in [0.2, 0.25) is 5.15 Å². The Morgan fingerprint density at radius 2 is 2.00 bits per heavy atom. The molecule has 2 heterocycles. The fourth-order valence-corrected chi connectivity index (χ4v) is 2.81. The molecule has 20 heavy (non-hydrogen) atoms. The molecule has 0 bridgehead atoms. The van der Waals surface area contributed by atoms with Gasteiger partial charge in [-0.15, -0.1) is 11.3 Å². The Kier molecular flexibility index (Phi) is 3.46. The maximum atomic E-state index is 6.28. The van der Waals surface area contributed by atoms with Crippen LogP contribution < -0.4 is 9.47 Å². The van der Waals surface area contributed by atoms with Gasteiger partial charge in [0.1, 0.15) is 22.2 Å². The van der Waals surface area contributed by atoms with Gasteiger partial charge in [0.05, 0.1) is 19.1 Å². The number of nitrogens with zero attached hydrogens (tertiary/aromatic N) is 2. The van der Waals surface area contributed by atoms with E-state index >= 15 is 0 Å². The van der Waals surface area contributed by atoms with Crippen LogP contribution in [0, 0.1) is 0 Å². The van der Waals surface area contributed by atoms with Crippen LogP contribution in [0.1, 0.15) is 0 Å². The van der Waals surface area contributed by atoms with Crippen molar-refractivity contribution in [2.24, 2.45) is 0 Å². The third-order valence-electron chi connectivity index (χ3n) is 2.89. The number of thiophene rings is 1. The SMILES string of the molecule is COc1cc(OC)c2nc(-c3cccs3)nc(Cl)c2c1. The largest absolute Gasteiger partial charge is 0.497 e. The average molecular weight is 307 g/mol. The lowest BCUT2D eigenvalue weighted by atomic mass is 10.2. The summed E-state index contributed by atoms with van der Waals surface area (Å²) >= 11 is 7.84. The maximum Gasteiger partial charge on any atom is 0.171 e. The highest BCUT2D eigenvalue weighted by atomic mass is 35.5.